The van der Waals surface area contributed by atoms with Gasteiger partial charge in [0, 0.05) is 12.8 Å². The molecule has 0 heterocycles. The average Bonchev–Trinajstić information content (AvgIpc) is 2.78. The first-order valence-electron chi connectivity index (χ1n) is 11.7. The van der Waals surface area contributed by atoms with E-state index in [9.17, 15) is 31.5 Å². The largest absolute Gasteiger partial charge is 0.481 e. The van der Waals surface area contributed by atoms with Crippen molar-refractivity contribution in [3.05, 3.63) is 29.1 Å². The summed E-state index contributed by atoms with van der Waals surface area (Å²) < 4.78 is 70.5. The molecule has 0 aliphatic heterocycles. The number of aliphatic carboxylic acids is 1. The second-order valence-electron chi connectivity index (χ2n) is 8.22. The fourth-order valence-electron chi connectivity index (χ4n) is 3.51. The molecular weight excluding hydrogens is 447 g/mol. The molecule has 0 atom stereocenters. The zero-order valence-electron chi connectivity index (χ0n) is 18.9. The molecule has 9 heteroatoms. The molecule has 0 radical (unpaired) electrons. The van der Waals surface area contributed by atoms with Gasteiger partial charge in [0.25, 0.3) is 0 Å². The number of benzene rings is 1. The molecule has 0 amide bonds. The van der Waals surface area contributed by atoms with Gasteiger partial charge in [-0.05, 0) is 12.8 Å². The Kier molecular flexibility index (Phi) is 14.4. The number of carbonyl (C=O) groups excluding carboxylic acids is 1. The van der Waals surface area contributed by atoms with Gasteiger partial charge in [-0.3, -0.25) is 9.59 Å². The summed E-state index contributed by atoms with van der Waals surface area (Å²) in [4.78, 5) is 22.1. The predicted octanol–water partition coefficient (Wildman–Crippen LogP) is 7.61. The van der Waals surface area contributed by atoms with Crippen LogP contribution in [0, 0.1) is 29.1 Å². The van der Waals surface area contributed by atoms with Gasteiger partial charge in [-0.2, -0.15) is 8.78 Å². The Hall–Kier alpha value is -2.19. The number of carbonyl (C=O) groups is 2. The van der Waals surface area contributed by atoms with Crippen LogP contribution in [0.2, 0.25) is 0 Å². The minimum absolute atomic E-state index is 0.171. The van der Waals surface area contributed by atoms with Gasteiger partial charge in [0.2, 0.25) is 34.8 Å². The van der Waals surface area contributed by atoms with Crippen LogP contribution in [0.1, 0.15) is 103 Å². The van der Waals surface area contributed by atoms with E-state index in [-0.39, 0.29) is 12.8 Å². The van der Waals surface area contributed by atoms with Crippen molar-refractivity contribution in [2.24, 2.45) is 0 Å². The molecule has 4 nitrogen and oxygen atoms in total. The van der Waals surface area contributed by atoms with E-state index in [1.165, 1.54) is 19.3 Å². The third-order valence-corrected chi connectivity index (χ3v) is 5.41. The second-order valence-corrected chi connectivity index (χ2v) is 8.22. The standard InChI is InChI=1S/C24H33F5O4/c25-19-20(26)22(28)24(23(29)21(19)27)33-18(32)16-14-12-10-8-6-4-2-1-3-5-7-9-11-13-15-17(30)31/h1-16H2,(H,30,31). The molecular formula is C24H33F5O4. The third-order valence-electron chi connectivity index (χ3n) is 5.41. The number of unbranched alkanes of at least 4 members (excludes halogenated alkanes) is 13. The lowest BCUT2D eigenvalue weighted by atomic mass is 10.0. The molecule has 0 unspecified atom stereocenters. The Morgan fingerprint density at radius 2 is 0.818 bits per heavy atom. The van der Waals surface area contributed by atoms with Crippen LogP contribution in [-0.4, -0.2) is 17.0 Å². The Morgan fingerprint density at radius 3 is 1.18 bits per heavy atom. The summed E-state index contributed by atoms with van der Waals surface area (Å²) in [5.41, 5.74) is 0. The highest BCUT2D eigenvalue weighted by Gasteiger charge is 2.28. The Bertz CT molecular complexity index is 726. The molecule has 0 aromatic heterocycles. The monoisotopic (exact) mass is 480 g/mol. The van der Waals surface area contributed by atoms with Gasteiger partial charge >= 0.3 is 11.9 Å². The molecule has 0 aliphatic carbocycles. The lowest BCUT2D eigenvalue weighted by Crippen LogP contribution is -2.13. The van der Waals surface area contributed by atoms with Crippen molar-refractivity contribution in [3.63, 3.8) is 0 Å². The summed E-state index contributed by atoms with van der Waals surface area (Å²) in [6.45, 7) is 0. The van der Waals surface area contributed by atoms with E-state index in [2.05, 4.69) is 4.74 Å². The van der Waals surface area contributed by atoms with Crippen molar-refractivity contribution in [1.29, 1.82) is 0 Å². The Morgan fingerprint density at radius 1 is 0.515 bits per heavy atom. The van der Waals surface area contributed by atoms with E-state index in [0.29, 0.717) is 12.8 Å². The van der Waals surface area contributed by atoms with Crippen molar-refractivity contribution in [2.75, 3.05) is 0 Å². The molecule has 1 aromatic rings. The van der Waals surface area contributed by atoms with Crippen LogP contribution < -0.4 is 4.74 Å². The summed E-state index contributed by atoms with van der Waals surface area (Å²) in [6.07, 6.45) is 13.9. The van der Waals surface area contributed by atoms with Crippen LogP contribution in [0.4, 0.5) is 22.0 Å². The van der Waals surface area contributed by atoms with Crippen LogP contribution in [0.3, 0.4) is 0 Å². The Balaban J connectivity index is 2.00. The summed E-state index contributed by atoms with van der Waals surface area (Å²) in [5, 5.41) is 8.56. The van der Waals surface area contributed by atoms with Crippen LogP contribution in [0.5, 0.6) is 5.75 Å². The van der Waals surface area contributed by atoms with Gasteiger partial charge < -0.3 is 9.84 Å². The van der Waals surface area contributed by atoms with Crippen molar-refractivity contribution >= 4 is 11.9 Å². The van der Waals surface area contributed by atoms with Crippen LogP contribution in [-0.2, 0) is 9.59 Å². The molecule has 188 valence electrons. The maximum absolute atomic E-state index is 13.5. The van der Waals surface area contributed by atoms with Gasteiger partial charge in [0.1, 0.15) is 0 Å². The molecule has 1 aromatic carbocycles. The van der Waals surface area contributed by atoms with Crippen molar-refractivity contribution in [1.82, 2.24) is 0 Å². The number of ether oxygens (including phenoxy) is 1. The predicted molar refractivity (Wildman–Crippen MR) is 113 cm³/mol. The first-order valence-corrected chi connectivity index (χ1v) is 11.7. The first-order chi connectivity index (χ1) is 15.8. The summed E-state index contributed by atoms with van der Waals surface area (Å²) in [6, 6.07) is 0. The van der Waals surface area contributed by atoms with Gasteiger partial charge in [-0.25, -0.2) is 13.2 Å². The summed E-state index contributed by atoms with van der Waals surface area (Å²) in [5.74, 6) is -14.2. The highest BCUT2D eigenvalue weighted by atomic mass is 19.2. The highest BCUT2D eigenvalue weighted by molar-refractivity contribution is 5.72. The van der Waals surface area contributed by atoms with Gasteiger partial charge in [-0.1, -0.05) is 77.0 Å². The van der Waals surface area contributed by atoms with Gasteiger partial charge in [0.05, 0.1) is 0 Å². The lowest BCUT2D eigenvalue weighted by Gasteiger charge is -2.08. The molecule has 0 saturated carbocycles. The zero-order valence-corrected chi connectivity index (χ0v) is 18.9. The molecule has 0 fully saturated rings. The number of esters is 1. The average molecular weight is 481 g/mol. The van der Waals surface area contributed by atoms with Gasteiger partial charge in [0.15, 0.2) is 0 Å². The van der Waals surface area contributed by atoms with E-state index in [1.807, 2.05) is 0 Å². The molecule has 33 heavy (non-hydrogen) atoms. The molecule has 1 N–H and O–H groups in total. The zero-order chi connectivity index (χ0) is 24.6. The maximum atomic E-state index is 13.5. The molecule has 0 spiro atoms. The van der Waals surface area contributed by atoms with E-state index in [4.69, 9.17) is 5.11 Å². The van der Waals surface area contributed by atoms with Crippen molar-refractivity contribution < 1.29 is 41.4 Å². The minimum Gasteiger partial charge on any atom is -0.481 e. The number of carboxylic acid groups (broad SMARTS) is 1. The number of hydrogen-bond acceptors (Lipinski definition) is 3. The van der Waals surface area contributed by atoms with E-state index in [1.54, 1.807) is 0 Å². The van der Waals surface area contributed by atoms with Crippen LogP contribution >= 0.6 is 0 Å². The fraction of sp³-hybridized carbons (Fsp3) is 0.667. The van der Waals surface area contributed by atoms with E-state index >= 15 is 0 Å². The smallest absolute Gasteiger partial charge is 0.311 e. The summed E-state index contributed by atoms with van der Waals surface area (Å²) in [7, 11) is 0. The SMILES string of the molecule is O=C(O)CCCCCCCCCCCCCCCCC(=O)Oc1c(F)c(F)c(F)c(F)c1F. The number of rotatable bonds is 18. The fourth-order valence-corrected chi connectivity index (χ4v) is 3.51. The quantitative estimate of drug-likeness (QED) is 0.0586. The molecule has 0 aliphatic rings. The van der Waals surface area contributed by atoms with Crippen molar-refractivity contribution in [2.45, 2.75) is 103 Å². The van der Waals surface area contributed by atoms with E-state index in [0.717, 1.165) is 57.8 Å². The number of hydrogen-bond donors (Lipinski definition) is 1. The lowest BCUT2D eigenvalue weighted by molar-refractivity contribution is -0.137. The molecule has 1 rings (SSSR count). The number of halogens is 5. The van der Waals surface area contributed by atoms with E-state index < -0.39 is 46.8 Å². The Labute approximate surface area is 191 Å². The minimum atomic E-state index is -2.30. The van der Waals surface area contributed by atoms with Crippen LogP contribution in [0.15, 0.2) is 0 Å². The molecule has 0 bridgehead atoms. The topological polar surface area (TPSA) is 63.6 Å². The first kappa shape index (κ1) is 28.8. The van der Waals surface area contributed by atoms with Gasteiger partial charge in [-0.15, -0.1) is 0 Å². The van der Waals surface area contributed by atoms with Crippen molar-refractivity contribution in [3.8, 4) is 5.75 Å². The molecule has 0 saturated heterocycles. The second kappa shape index (κ2) is 16.4. The summed E-state index contributed by atoms with van der Waals surface area (Å²) >= 11 is 0. The normalized spacial score (nSPS) is 11.1. The van der Waals surface area contributed by atoms with Crippen LogP contribution in [0.25, 0.3) is 0 Å². The number of carboxylic acids is 1. The highest BCUT2D eigenvalue weighted by Crippen LogP contribution is 2.29. The third kappa shape index (κ3) is 11.5. The maximum Gasteiger partial charge on any atom is 0.311 e.